The lowest BCUT2D eigenvalue weighted by Gasteiger charge is -2.20. The predicted molar refractivity (Wildman–Crippen MR) is 69.7 cm³/mol. The van der Waals surface area contributed by atoms with Crippen molar-refractivity contribution >= 4 is 21.4 Å². The molecular formula is C12H23ClO2S. The summed E-state index contributed by atoms with van der Waals surface area (Å²) < 4.78 is 23.2. The Morgan fingerprint density at radius 2 is 1.88 bits per heavy atom. The highest BCUT2D eigenvalue weighted by atomic mass is 35.5. The average molecular weight is 267 g/mol. The average Bonchev–Trinajstić information content (AvgIpc) is 2.72. The van der Waals surface area contributed by atoms with E-state index in [1.165, 1.54) is 25.7 Å². The van der Waals surface area contributed by atoms with Crippen molar-refractivity contribution < 1.29 is 8.42 Å². The monoisotopic (exact) mass is 266 g/mol. The smallest absolute Gasteiger partial charge is 0.150 e. The first-order valence-electron chi connectivity index (χ1n) is 6.35. The Morgan fingerprint density at radius 1 is 1.25 bits per heavy atom. The summed E-state index contributed by atoms with van der Waals surface area (Å²) in [7, 11) is -2.82. The number of alkyl halides is 1. The Bertz CT molecular complexity index is 281. The first-order valence-corrected chi connectivity index (χ1v) is 8.71. The van der Waals surface area contributed by atoms with Crippen LogP contribution >= 0.6 is 11.6 Å². The normalized spacial score (nSPS) is 20.1. The summed E-state index contributed by atoms with van der Waals surface area (Å²) in [5.41, 5.74) is 0. The second-order valence-corrected chi connectivity index (χ2v) is 7.51. The van der Waals surface area contributed by atoms with Gasteiger partial charge in [-0.25, -0.2) is 8.42 Å². The van der Waals surface area contributed by atoms with Gasteiger partial charge in [0, 0.05) is 11.6 Å². The van der Waals surface area contributed by atoms with E-state index < -0.39 is 9.84 Å². The molecule has 0 aliphatic heterocycles. The molecule has 1 unspecified atom stereocenters. The van der Waals surface area contributed by atoms with Gasteiger partial charge in [0.1, 0.15) is 9.84 Å². The van der Waals surface area contributed by atoms with Crippen LogP contribution < -0.4 is 0 Å². The Balaban J connectivity index is 2.39. The highest BCUT2D eigenvalue weighted by Gasteiger charge is 2.25. The Kier molecular flexibility index (Phi) is 6.12. The van der Waals surface area contributed by atoms with E-state index in [1.54, 1.807) is 0 Å². The van der Waals surface area contributed by atoms with Crippen LogP contribution in [-0.2, 0) is 9.84 Å². The quantitative estimate of drug-likeness (QED) is 0.663. The third kappa shape index (κ3) is 4.62. The van der Waals surface area contributed by atoms with Gasteiger partial charge in [-0.2, -0.15) is 0 Å². The molecule has 1 rings (SSSR count). The first kappa shape index (κ1) is 14.3. The zero-order valence-corrected chi connectivity index (χ0v) is 11.7. The van der Waals surface area contributed by atoms with Crippen LogP contribution in [0.3, 0.4) is 0 Å². The van der Waals surface area contributed by atoms with Crippen LogP contribution in [0.5, 0.6) is 0 Å². The van der Waals surface area contributed by atoms with E-state index in [-0.39, 0.29) is 0 Å². The summed E-state index contributed by atoms with van der Waals surface area (Å²) in [5, 5.41) is 0. The fourth-order valence-electron chi connectivity index (χ4n) is 2.61. The Hall–Kier alpha value is 0.240. The van der Waals surface area contributed by atoms with E-state index in [0.29, 0.717) is 29.2 Å². The molecule has 0 heterocycles. The summed E-state index contributed by atoms with van der Waals surface area (Å²) >= 11 is 5.96. The summed E-state index contributed by atoms with van der Waals surface area (Å²) in [6.45, 7) is 1.91. The molecule has 0 N–H and O–H groups in total. The van der Waals surface area contributed by atoms with Crippen molar-refractivity contribution in [2.24, 2.45) is 11.8 Å². The number of halogens is 1. The summed E-state index contributed by atoms with van der Waals surface area (Å²) in [6.07, 6.45) is 6.55. The van der Waals surface area contributed by atoms with Crippen molar-refractivity contribution in [2.45, 2.75) is 45.4 Å². The van der Waals surface area contributed by atoms with Crippen LogP contribution in [0.2, 0.25) is 0 Å². The lowest BCUT2D eigenvalue weighted by atomic mass is 9.90. The van der Waals surface area contributed by atoms with Gasteiger partial charge in [-0.05, 0) is 24.7 Å². The topological polar surface area (TPSA) is 34.1 Å². The number of hydrogen-bond acceptors (Lipinski definition) is 2. The van der Waals surface area contributed by atoms with Gasteiger partial charge >= 0.3 is 0 Å². The maximum atomic E-state index is 11.6. The summed E-state index contributed by atoms with van der Waals surface area (Å²) in [4.78, 5) is 0. The highest BCUT2D eigenvalue weighted by Crippen LogP contribution is 2.33. The predicted octanol–water partition coefficient (Wildman–Crippen LogP) is 3.25. The van der Waals surface area contributed by atoms with Gasteiger partial charge in [-0.3, -0.25) is 0 Å². The van der Waals surface area contributed by atoms with E-state index in [0.717, 1.165) is 12.8 Å². The number of sulfone groups is 1. The second-order valence-electron chi connectivity index (χ2n) is 4.90. The SMILES string of the molecule is CCCS(=O)(=O)CCC(CCl)C1CCCC1. The van der Waals surface area contributed by atoms with Crippen LogP contribution in [0.25, 0.3) is 0 Å². The van der Waals surface area contributed by atoms with E-state index >= 15 is 0 Å². The molecule has 0 aromatic heterocycles. The molecule has 1 fully saturated rings. The molecule has 0 aromatic rings. The molecule has 0 spiro atoms. The minimum Gasteiger partial charge on any atom is -0.229 e. The lowest BCUT2D eigenvalue weighted by molar-refractivity contribution is 0.361. The molecule has 0 amide bonds. The molecule has 1 aliphatic carbocycles. The second kappa shape index (κ2) is 6.85. The molecule has 96 valence electrons. The van der Waals surface area contributed by atoms with Crippen LogP contribution in [0.1, 0.15) is 45.4 Å². The molecule has 4 heteroatoms. The molecule has 0 saturated heterocycles. The molecule has 0 aromatic carbocycles. The van der Waals surface area contributed by atoms with E-state index in [4.69, 9.17) is 11.6 Å². The third-order valence-corrected chi connectivity index (χ3v) is 5.86. The van der Waals surface area contributed by atoms with Gasteiger partial charge in [0.2, 0.25) is 0 Å². The largest absolute Gasteiger partial charge is 0.229 e. The standard InChI is InChI=1S/C12H23ClO2S/c1-2-8-16(14,15)9-7-12(10-13)11-5-3-4-6-11/h11-12H,2-10H2,1H3. The van der Waals surface area contributed by atoms with Gasteiger partial charge in [-0.15, -0.1) is 11.6 Å². The number of hydrogen-bond donors (Lipinski definition) is 0. The third-order valence-electron chi connectivity index (χ3n) is 3.58. The summed E-state index contributed by atoms with van der Waals surface area (Å²) in [6, 6.07) is 0. The van der Waals surface area contributed by atoms with Crippen molar-refractivity contribution in [3.8, 4) is 0 Å². The van der Waals surface area contributed by atoms with Crippen molar-refractivity contribution in [3.05, 3.63) is 0 Å². The van der Waals surface area contributed by atoms with Crippen LogP contribution in [0, 0.1) is 11.8 Å². The minimum atomic E-state index is -2.82. The molecule has 1 saturated carbocycles. The first-order chi connectivity index (χ1) is 7.59. The van der Waals surface area contributed by atoms with Gasteiger partial charge in [0.15, 0.2) is 0 Å². The van der Waals surface area contributed by atoms with E-state index in [2.05, 4.69) is 0 Å². The maximum absolute atomic E-state index is 11.6. The lowest BCUT2D eigenvalue weighted by Crippen LogP contribution is -2.19. The Morgan fingerprint density at radius 3 is 2.38 bits per heavy atom. The molecule has 1 aliphatic rings. The van der Waals surface area contributed by atoms with Gasteiger partial charge in [-0.1, -0.05) is 32.6 Å². The van der Waals surface area contributed by atoms with Crippen LogP contribution in [0.4, 0.5) is 0 Å². The van der Waals surface area contributed by atoms with Crippen molar-refractivity contribution in [1.29, 1.82) is 0 Å². The molecule has 0 radical (unpaired) electrons. The molecular weight excluding hydrogens is 244 g/mol. The fourth-order valence-corrected chi connectivity index (χ4v) is 4.51. The van der Waals surface area contributed by atoms with Crippen molar-refractivity contribution in [1.82, 2.24) is 0 Å². The van der Waals surface area contributed by atoms with Gasteiger partial charge < -0.3 is 0 Å². The maximum Gasteiger partial charge on any atom is 0.150 e. The highest BCUT2D eigenvalue weighted by molar-refractivity contribution is 7.91. The molecule has 0 bridgehead atoms. The summed E-state index contributed by atoms with van der Waals surface area (Å²) in [5.74, 6) is 2.36. The van der Waals surface area contributed by atoms with E-state index in [1.807, 2.05) is 6.92 Å². The Labute approximate surface area is 105 Å². The van der Waals surface area contributed by atoms with Crippen molar-refractivity contribution in [2.75, 3.05) is 17.4 Å². The molecule has 16 heavy (non-hydrogen) atoms. The fraction of sp³-hybridized carbons (Fsp3) is 1.00. The molecule has 1 atom stereocenters. The number of rotatable bonds is 7. The zero-order valence-electron chi connectivity index (χ0n) is 10.1. The van der Waals surface area contributed by atoms with Crippen molar-refractivity contribution in [3.63, 3.8) is 0 Å². The van der Waals surface area contributed by atoms with Crippen LogP contribution in [0.15, 0.2) is 0 Å². The van der Waals surface area contributed by atoms with Gasteiger partial charge in [0.25, 0.3) is 0 Å². The zero-order chi connectivity index (χ0) is 12.0. The molecule has 2 nitrogen and oxygen atoms in total. The van der Waals surface area contributed by atoms with E-state index in [9.17, 15) is 8.42 Å². The van der Waals surface area contributed by atoms with Gasteiger partial charge in [0.05, 0.1) is 5.75 Å². The minimum absolute atomic E-state index is 0.326. The van der Waals surface area contributed by atoms with Crippen LogP contribution in [-0.4, -0.2) is 25.8 Å².